The van der Waals surface area contributed by atoms with Gasteiger partial charge in [-0.1, -0.05) is 36.4 Å². The van der Waals surface area contributed by atoms with Gasteiger partial charge in [0.25, 0.3) is 0 Å². The van der Waals surface area contributed by atoms with Crippen molar-refractivity contribution in [2.24, 2.45) is 0 Å². The van der Waals surface area contributed by atoms with Crippen LogP contribution in [0.25, 0.3) is 0 Å². The topological polar surface area (TPSA) is 59.1 Å². The van der Waals surface area contributed by atoms with Crippen LogP contribution in [0.3, 0.4) is 0 Å². The van der Waals surface area contributed by atoms with Gasteiger partial charge in [-0.2, -0.15) is 0 Å². The summed E-state index contributed by atoms with van der Waals surface area (Å²) >= 11 is 0. The summed E-state index contributed by atoms with van der Waals surface area (Å²) in [6.45, 7) is 3.11. The second-order valence-corrected chi connectivity index (χ2v) is 6.61. The molecule has 2 aromatic carbocycles. The van der Waals surface area contributed by atoms with Gasteiger partial charge < -0.3 is 19.3 Å². The third kappa shape index (κ3) is 5.00. The molecule has 0 fully saturated rings. The standard InChI is InChI=1S/C21H24N2O4/c1-16(24)23(14-18-8-9-19-20(12-18)27-15-26-19)11-10-21(25)22(2)13-17-6-4-3-5-7-17/h3-9,12H,10-11,13-15H2,1-2H3. The van der Waals surface area contributed by atoms with Gasteiger partial charge in [0.15, 0.2) is 11.5 Å². The molecule has 0 atom stereocenters. The van der Waals surface area contributed by atoms with Crippen molar-refractivity contribution in [3.8, 4) is 11.5 Å². The highest BCUT2D eigenvalue weighted by Crippen LogP contribution is 2.32. The number of hydrogen-bond donors (Lipinski definition) is 0. The Morgan fingerprint density at radius 1 is 0.963 bits per heavy atom. The van der Waals surface area contributed by atoms with Crippen molar-refractivity contribution in [2.75, 3.05) is 20.4 Å². The van der Waals surface area contributed by atoms with E-state index in [0.29, 0.717) is 31.1 Å². The molecule has 27 heavy (non-hydrogen) atoms. The monoisotopic (exact) mass is 368 g/mol. The zero-order chi connectivity index (χ0) is 19.2. The van der Waals surface area contributed by atoms with Crippen LogP contribution < -0.4 is 9.47 Å². The van der Waals surface area contributed by atoms with Crippen molar-refractivity contribution in [1.29, 1.82) is 0 Å². The van der Waals surface area contributed by atoms with Crippen molar-refractivity contribution in [3.05, 3.63) is 59.7 Å². The van der Waals surface area contributed by atoms with Crippen molar-refractivity contribution >= 4 is 11.8 Å². The van der Waals surface area contributed by atoms with Crippen LogP contribution in [0.1, 0.15) is 24.5 Å². The molecule has 0 N–H and O–H groups in total. The van der Waals surface area contributed by atoms with Gasteiger partial charge >= 0.3 is 0 Å². The third-order valence-electron chi connectivity index (χ3n) is 4.54. The zero-order valence-electron chi connectivity index (χ0n) is 15.7. The lowest BCUT2D eigenvalue weighted by Gasteiger charge is -2.23. The number of rotatable bonds is 7. The SMILES string of the molecule is CC(=O)N(CCC(=O)N(C)Cc1ccccc1)Cc1ccc2c(c1)OCO2. The first-order valence-electron chi connectivity index (χ1n) is 8.95. The molecule has 6 nitrogen and oxygen atoms in total. The summed E-state index contributed by atoms with van der Waals surface area (Å²) in [6.07, 6.45) is 0.285. The van der Waals surface area contributed by atoms with Gasteiger partial charge in [-0.25, -0.2) is 0 Å². The molecule has 6 heteroatoms. The average Bonchev–Trinajstić information content (AvgIpc) is 3.13. The smallest absolute Gasteiger partial charge is 0.231 e. The number of fused-ring (bicyclic) bond motifs is 1. The van der Waals surface area contributed by atoms with E-state index in [1.54, 1.807) is 16.8 Å². The van der Waals surface area contributed by atoms with Crippen LogP contribution >= 0.6 is 0 Å². The molecule has 1 aliphatic rings. The predicted octanol–water partition coefficient (Wildman–Crippen LogP) is 2.81. The van der Waals surface area contributed by atoms with Crippen LogP contribution in [0.4, 0.5) is 0 Å². The lowest BCUT2D eigenvalue weighted by atomic mass is 10.1. The van der Waals surface area contributed by atoms with Crippen LogP contribution in [0.2, 0.25) is 0 Å². The normalized spacial score (nSPS) is 11.9. The Morgan fingerprint density at radius 3 is 2.44 bits per heavy atom. The number of carbonyl (C=O) groups excluding carboxylic acids is 2. The number of carbonyl (C=O) groups is 2. The highest BCUT2D eigenvalue weighted by Gasteiger charge is 2.17. The molecule has 0 radical (unpaired) electrons. The van der Waals surface area contributed by atoms with Crippen molar-refractivity contribution in [2.45, 2.75) is 26.4 Å². The number of benzene rings is 2. The van der Waals surface area contributed by atoms with Crippen LogP contribution in [0.15, 0.2) is 48.5 Å². The Bertz CT molecular complexity index is 807. The highest BCUT2D eigenvalue weighted by molar-refractivity contribution is 5.78. The maximum Gasteiger partial charge on any atom is 0.231 e. The molecule has 0 aliphatic carbocycles. The van der Waals surface area contributed by atoms with Gasteiger partial charge in [-0.05, 0) is 23.3 Å². The summed E-state index contributed by atoms with van der Waals surface area (Å²) in [7, 11) is 1.78. The number of hydrogen-bond acceptors (Lipinski definition) is 4. The van der Waals surface area contributed by atoms with Gasteiger partial charge in [0.05, 0.1) is 0 Å². The second kappa shape index (κ2) is 8.58. The maximum absolute atomic E-state index is 12.4. The van der Waals surface area contributed by atoms with Gasteiger partial charge in [-0.3, -0.25) is 9.59 Å². The average molecular weight is 368 g/mol. The molecule has 0 spiro atoms. The lowest BCUT2D eigenvalue weighted by molar-refractivity contribution is -0.133. The molecule has 0 saturated carbocycles. The van der Waals surface area contributed by atoms with Crippen LogP contribution in [0, 0.1) is 0 Å². The predicted molar refractivity (Wildman–Crippen MR) is 101 cm³/mol. The van der Waals surface area contributed by atoms with E-state index >= 15 is 0 Å². The first-order chi connectivity index (χ1) is 13.0. The Balaban J connectivity index is 1.55. The number of amides is 2. The van der Waals surface area contributed by atoms with Crippen molar-refractivity contribution < 1.29 is 19.1 Å². The Labute approximate surface area is 159 Å². The molecule has 0 saturated heterocycles. The fourth-order valence-electron chi connectivity index (χ4n) is 2.97. The first-order valence-corrected chi connectivity index (χ1v) is 8.95. The maximum atomic E-state index is 12.4. The summed E-state index contributed by atoms with van der Waals surface area (Å²) in [4.78, 5) is 27.8. The fourth-order valence-corrected chi connectivity index (χ4v) is 2.97. The van der Waals surface area contributed by atoms with E-state index in [9.17, 15) is 9.59 Å². The minimum Gasteiger partial charge on any atom is -0.454 e. The van der Waals surface area contributed by atoms with E-state index in [1.807, 2.05) is 48.5 Å². The van der Waals surface area contributed by atoms with E-state index < -0.39 is 0 Å². The highest BCUT2D eigenvalue weighted by atomic mass is 16.7. The molecular weight excluding hydrogens is 344 g/mol. The summed E-state index contributed by atoms with van der Waals surface area (Å²) in [5.41, 5.74) is 2.02. The van der Waals surface area contributed by atoms with Gasteiger partial charge in [0.2, 0.25) is 18.6 Å². The van der Waals surface area contributed by atoms with Crippen molar-refractivity contribution in [1.82, 2.24) is 9.80 Å². The third-order valence-corrected chi connectivity index (χ3v) is 4.54. The lowest BCUT2D eigenvalue weighted by Crippen LogP contribution is -2.34. The first kappa shape index (κ1) is 18.8. The number of ether oxygens (including phenoxy) is 2. The molecule has 3 rings (SSSR count). The van der Waals surface area contributed by atoms with Crippen LogP contribution in [0.5, 0.6) is 11.5 Å². The molecule has 1 aliphatic heterocycles. The van der Waals surface area contributed by atoms with Gasteiger partial charge in [0, 0.05) is 40.0 Å². The molecule has 0 unspecified atom stereocenters. The fraction of sp³-hybridized carbons (Fsp3) is 0.333. The van der Waals surface area contributed by atoms with Crippen LogP contribution in [-0.4, -0.2) is 42.0 Å². The quantitative estimate of drug-likeness (QED) is 0.754. The molecule has 142 valence electrons. The van der Waals surface area contributed by atoms with Gasteiger partial charge in [-0.15, -0.1) is 0 Å². The molecule has 0 aromatic heterocycles. The van der Waals surface area contributed by atoms with E-state index in [-0.39, 0.29) is 25.0 Å². The summed E-state index contributed by atoms with van der Waals surface area (Å²) in [5.74, 6) is 1.35. The number of nitrogens with zero attached hydrogens (tertiary/aromatic N) is 2. The second-order valence-electron chi connectivity index (χ2n) is 6.61. The minimum atomic E-state index is -0.0637. The Kier molecular flexibility index (Phi) is 5.96. The van der Waals surface area contributed by atoms with Crippen molar-refractivity contribution in [3.63, 3.8) is 0 Å². The Hall–Kier alpha value is -3.02. The summed E-state index contributed by atoms with van der Waals surface area (Å²) < 4.78 is 10.7. The Morgan fingerprint density at radius 2 is 1.70 bits per heavy atom. The van der Waals surface area contributed by atoms with Gasteiger partial charge in [0.1, 0.15) is 0 Å². The molecule has 0 bridgehead atoms. The minimum absolute atomic E-state index is 0.00999. The summed E-state index contributed by atoms with van der Waals surface area (Å²) in [6, 6.07) is 15.5. The van der Waals surface area contributed by atoms with E-state index in [0.717, 1.165) is 11.1 Å². The molecular formula is C21H24N2O4. The van der Waals surface area contributed by atoms with E-state index in [1.165, 1.54) is 6.92 Å². The van der Waals surface area contributed by atoms with Crippen LogP contribution in [-0.2, 0) is 22.7 Å². The summed E-state index contributed by atoms with van der Waals surface area (Å²) in [5, 5.41) is 0. The molecule has 1 heterocycles. The molecule has 2 amide bonds. The molecule has 2 aromatic rings. The largest absolute Gasteiger partial charge is 0.454 e. The van der Waals surface area contributed by atoms with E-state index in [4.69, 9.17) is 9.47 Å². The van der Waals surface area contributed by atoms with E-state index in [2.05, 4.69) is 0 Å². The zero-order valence-corrected chi connectivity index (χ0v) is 15.7.